The third-order valence-corrected chi connectivity index (χ3v) is 3.84. The molecule has 0 saturated heterocycles. The Labute approximate surface area is 143 Å². The van der Waals surface area contributed by atoms with Gasteiger partial charge in [0, 0.05) is 17.7 Å². The van der Waals surface area contributed by atoms with Gasteiger partial charge in [0.2, 0.25) is 0 Å². The first kappa shape index (κ1) is 19.0. The number of thioether (sulfide) groups is 1. The Morgan fingerprint density at radius 1 is 1.43 bits per heavy atom. The standard InChI is InChI=1S/C18H25N3OS/c1-4-23-14(2)21-12-8-6-5-7-9-15-13-16(18(19)20)10-11-17(15)22-3/h4,7,9-11,13H,1,5-6,8,12H2,2-3H3,(H3,19,20)/b9-7+,21-14?. The first-order valence-electron chi connectivity index (χ1n) is 7.56. The van der Waals surface area contributed by atoms with Crippen LogP contribution in [0.15, 0.2) is 41.3 Å². The van der Waals surface area contributed by atoms with Gasteiger partial charge >= 0.3 is 0 Å². The van der Waals surface area contributed by atoms with Gasteiger partial charge in [-0.1, -0.05) is 30.5 Å². The molecule has 0 aliphatic rings. The van der Waals surface area contributed by atoms with Gasteiger partial charge < -0.3 is 10.5 Å². The highest BCUT2D eigenvalue weighted by Gasteiger charge is 2.03. The summed E-state index contributed by atoms with van der Waals surface area (Å²) in [6, 6.07) is 5.50. The Kier molecular flexibility index (Phi) is 8.83. The van der Waals surface area contributed by atoms with Crippen LogP contribution in [-0.2, 0) is 0 Å². The first-order chi connectivity index (χ1) is 11.1. The van der Waals surface area contributed by atoms with Crippen molar-refractivity contribution >= 4 is 28.7 Å². The third-order valence-electron chi connectivity index (χ3n) is 3.21. The smallest absolute Gasteiger partial charge is 0.126 e. The summed E-state index contributed by atoms with van der Waals surface area (Å²) in [4.78, 5) is 4.45. The number of unbranched alkanes of at least 4 members (excludes halogenated alkanes) is 2. The minimum absolute atomic E-state index is 0.0629. The zero-order valence-corrected chi connectivity index (χ0v) is 14.7. The molecule has 4 nitrogen and oxygen atoms in total. The quantitative estimate of drug-likeness (QED) is 0.399. The fourth-order valence-electron chi connectivity index (χ4n) is 2.01. The highest BCUT2D eigenvalue weighted by molar-refractivity contribution is 8.16. The van der Waals surface area contributed by atoms with E-state index in [2.05, 4.69) is 17.6 Å². The summed E-state index contributed by atoms with van der Waals surface area (Å²) in [5, 5.41) is 10.4. The Hall–Kier alpha value is -2.01. The fourth-order valence-corrected chi connectivity index (χ4v) is 2.42. The normalized spacial score (nSPS) is 11.7. The van der Waals surface area contributed by atoms with Crippen molar-refractivity contribution in [3.63, 3.8) is 0 Å². The summed E-state index contributed by atoms with van der Waals surface area (Å²) in [6.45, 7) is 6.52. The average molecular weight is 331 g/mol. The van der Waals surface area contributed by atoms with Gasteiger partial charge in [-0.25, -0.2) is 0 Å². The predicted octanol–water partition coefficient (Wildman–Crippen LogP) is 4.46. The Bertz CT molecular complexity index is 594. The number of rotatable bonds is 9. The van der Waals surface area contributed by atoms with Gasteiger partial charge in [-0.05, 0) is 49.8 Å². The van der Waals surface area contributed by atoms with Crippen LogP contribution in [0.2, 0.25) is 0 Å². The lowest BCUT2D eigenvalue weighted by molar-refractivity contribution is 0.414. The van der Waals surface area contributed by atoms with E-state index in [1.165, 1.54) is 0 Å². The number of nitrogen functional groups attached to an aromatic ring is 1. The SMILES string of the molecule is C=CSC(C)=NCCCC/C=C/c1cc(C(=N)N)ccc1OC. The van der Waals surface area contributed by atoms with Gasteiger partial charge in [-0.3, -0.25) is 10.4 Å². The number of benzene rings is 1. The van der Waals surface area contributed by atoms with Gasteiger partial charge in [0.1, 0.15) is 11.6 Å². The molecule has 23 heavy (non-hydrogen) atoms. The lowest BCUT2D eigenvalue weighted by atomic mass is 10.1. The van der Waals surface area contributed by atoms with Crippen LogP contribution < -0.4 is 10.5 Å². The van der Waals surface area contributed by atoms with E-state index in [9.17, 15) is 0 Å². The fraction of sp³-hybridized carbons (Fsp3) is 0.333. The van der Waals surface area contributed by atoms with Crippen LogP contribution in [0.25, 0.3) is 6.08 Å². The highest BCUT2D eigenvalue weighted by atomic mass is 32.2. The number of hydrogen-bond acceptors (Lipinski definition) is 4. The van der Waals surface area contributed by atoms with Crippen molar-refractivity contribution in [3.05, 3.63) is 47.4 Å². The summed E-state index contributed by atoms with van der Waals surface area (Å²) in [6.07, 6.45) is 7.27. The number of amidine groups is 1. The summed E-state index contributed by atoms with van der Waals surface area (Å²) in [5.41, 5.74) is 7.17. The molecule has 3 N–H and O–H groups in total. The van der Waals surface area contributed by atoms with Crippen molar-refractivity contribution in [1.29, 1.82) is 5.41 Å². The topological polar surface area (TPSA) is 71.5 Å². The van der Waals surface area contributed by atoms with Crippen LogP contribution in [0.5, 0.6) is 5.75 Å². The predicted molar refractivity (Wildman–Crippen MR) is 103 cm³/mol. The molecule has 0 unspecified atom stereocenters. The van der Waals surface area contributed by atoms with E-state index in [1.54, 1.807) is 30.3 Å². The Balaban J connectivity index is 2.48. The van der Waals surface area contributed by atoms with E-state index in [0.717, 1.165) is 42.2 Å². The molecule has 124 valence electrons. The van der Waals surface area contributed by atoms with Crippen molar-refractivity contribution in [2.24, 2.45) is 10.7 Å². The number of nitrogens with two attached hydrogens (primary N) is 1. The molecule has 1 aromatic carbocycles. The summed E-state index contributed by atoms with van der Waals surface area (Å²) in [7, 11) is 1.64. The van der Waals surface area contributed by atoms with Crippen LogP contribution in [0.4, 0.5) is 0 Å². The van der Waals surface area contributed by atoms with Crippen molar-refractivity contribution < 1.29 is 4.74 Å². The van der Waals surface area contributed by atoms with E-state index in [1.807, 2.05) is 25.1 Å². The molecule has 0 atom stereocenters. The monoisotopic (exact) mass is 331 g/mol. The van der Waals surface area contributed by atoms with E-state index in [4.69, 9.17) is 15.9 Å². The molecule has 0 fully saturated rings. The molecule has 5 heteroatoms. The summed E-state index contributed by atoms with van der Waals surface area (Å²) in [5.74, 6) is 0.848. The lowest BCUT2D eigenvalue weighted by Gasteiger charge is -2.07. The molecule has 0 spiro atoms. The van der Waals surface area contributed by atoms with Gasteiger partial charge in [0.15, 0.2) is 0 Å². The summed E-state index contributed by atoms with van der Waals surface area (Å²) < 4.78 is 5.33. The molecule has 1 aromatic rings. The van der Waals surface area contributed by atoms with E-state index >= 15 is 0 Å². The van der Waals surface area contributed by atoms with Crippen molar-refractivity contribution in [2.75, 3.05) is 13.7 Å². The maximum atomic E-state index is 7.51. The summed E-state index contributed by atoms with van der Waals surface area (Å²) >= 11 is 1.56. The Morgan fingerprint density at radius 3 is 2.87 bits per heavy atom. The van der Waals surface area contributed by atoms with Gasteiger partial charge in [0.05, 0.1) is 12.2 Å². The van der Waals surface area contributed by atoms with Crippen LogP contribution in [0.1, 0.15) is 37.3 Å². The first-order valence-corrected chi connectivity index (χ1v) is 8.44. The molecule has 0 heterocycles. The highest BCUT2D eigenvalue weighted by Crippen LogP contribution is 2.21. The molecule has 1 rings (SSSR count). The number of methoxy groups -OCH3 is 1. The number of ether oxygens (including phenoxy) is 1. The van der Waals surface area contributed by atoms with Crippen LogP contribution in [0.3, 0.4) is 0 Å². The van der Waals surface area contributed by atoms with Gasteiger partial charge in [0.25, 0.3) is 0 Å². The molecule has 0 radical (unpaired) electrons. The van der Waals surface area contributed by atoms with Gasteiger partial charge in [-0.2, -0.15) is 0 Å². The van der Waals surface area contributed by atoms with Crippen LogP contribution in [0, 0.1) is 5.41 Å². The van der Waals surface area contributed by atoms with E-state index in [0.29, 0.717) is 5.56 Å². The molecule has 0 aromatic heterocycles. The second kappa shape index (κ2) is 10.7. The second-order valence-corrected chi connectivity index (χ2v) is 6.11. The van der Waals surface area contributed by atoms with Crippen molar-refractivity contribution in [1.82, 2.24) is 0 Å². The number of allylic oxidation sites excluding steroid dienone is 1. The minimum Gasteiger partial charge on any atom is -0.496 e. The maximum Gasteiger partial charge on any atom is 0.126 e. The molecular weight excluding hydrogens is 306 g/mol. The number of nitrogens with zero attached hydrogens (tertiary/aromatic N) is 1. The molecule has 0 saturated carbocycles. The van der Waals surface area contributed by atoms with Crippen molar-refractivity contribution in [3.8, 4) is 5.75 Å². The van der Waals surface area contributed by atoms with Gasteiger partial charge in [-0.15, -0.1) is 0 Å². The lowest BCUT2D eigenvalue weighted by Crippen LogP contribution is -2.11. The minimum atomic E-state index is 0.0629. The molecular formula is C18H25N3OS. The Morgan fingerprint density at radius 2 is 2.22 bits per heavy atom. The average Bonchev–Trinajstić information content (AvgIpc) is 2.53. The third kappa shape index (κ3) is 7.19. The number of hydrogen-bond donors (Lipinski definition) is 2. The van der Waals surface area contributed by atoms with Crippen LogP contribution in [-0.4, -0.2) is 24.5 Å². The molecule has 0 aliphatic heterocycles. The molecule has 0 aliphatic carbocycles. The van der Waals surface area contributed by atoms with E-state index < -0.39 is 0 Å². The second-order valence-electron chi connectivity index (χ2n) is 4.95. The largest absolute Gasteiger partial charge is 0.496 e. The molecule has 0 amide bonds. The van der Waals surface area contributed by atoms with Crippen molar-refractivity contribution in [2.45, 2.75) is 26.2 Å². The maximum absolute atomic E-state index is 7.51. The zero-order valence-electron chi connectivity index (χ0n) is 13.8. The van der Waals surface area contributed by atoms with E-state index in [-0.39, 0.29) is 5.84 Å². The molecule has 0 bridgehead atoms. The number of aliphatic imine (C=N–C) groups is 1. The number of nitrogens with one attached hydrogen (secondary N) is 1. The van der Waals surface area contributed by atoms with Crippen LogP contribution >= 0.6 is 11.8 Å². The zero-order chi connectivity index (χ0) is 17.1.